The molecule has 0 aliphatic carbocycles. The van der Waals surface area contributed by atoms with E-state index in [9.17, 15) is 5.11 Å². The summed E-state index contributed by atoms with van der Waals surface area (Å²) in [6, 6.07) is 0.369. The Bertz CT molecular complexity index is 151. The van der Waals surface area contributed by atoms with E-state index in [4.69, 9.17) is 10.5 Å². The summed E-state index contributed by atoms with van der Waals surface area (Å²) in [7, 11) is 3.72. The van der Waals surface area contributed by atoms with E-state index in [2.05, 4.69) is 11.8 Å². The van der Waals surface area contributed by atoms with E-state index >= 15 is 0 Å². The van der Waals surface area contributed by atoms with Gasteiger partial charge in [0.25, 0.3) is 0 Å². The topological polar surface area (TPSA) is 58.7 Å². The summed E-state index contributed by atoms with van der Waals surface area (Å²) < 4.78 is 5.05. The van der Waals surface area contributed by atoms with Crippen molar-refractivity contribution < 1.29 is 9.84 Å². The van der Waals surface area contributed by atoms with Crippen LogP contribution in [0.2, 0.25) is 0 Å². The molecule has 3 N–H and O–H groups in total. The average molecular weight is 204 g/mol. The zero-order valence-electron chi connectivity index (χ0n) is 9.79. The first kappa shape index (κ1) is 13.8. The van der Waals surface area contributed by atoms with Crippen molar-refractivity contribution in [2.45, 2.75) is 31.9 Å². The molecule has 0 heterocycles. The lowest BCUT2D eigenvalue weighted by Crippen LogP contribution is -2.40. The molecule has 2 unspecified atom stereocenters. The standard InChI is InChI=1S/C10H24N2O2/c1-9(7-14-4)12(3)6-5-10(2,13)8-11/h9,13H,5-8,11H2,1-4H3. The van der Waals surface area contributed by atoms with Crippen molar-refractivity contribution in [3.8, 4) is 0 Å². The molecule has 14 heavy (non-hydrogen) atoms. The monoisotopic (exact) mass is 204 g/mol. The predicted octanol–water partition coefficient (Wildman–Crippen LogP) is 0.0529. The SMILES string of the molecule is COCC(C)N(C)CCC(C)(O)CN. The molecule has 0 aliphatic heterocycles. The Kier molecular flexibility index (Phi) is 6.27. The van der Waals surface area contributed by atoms with Crippen molar-refractivity contribution in [1.82, 2.24) is 4.90 Å². The van der Waals surface area contributed by atoms with E-state index in [1.807, 2.05) is 7.05 Å². The predicted molar refractivity (Wildman–Crippen MR) is 58.3 cm³/mol. The molecule has 0 fully saturated rings. The summed E-state index contributed by atoms with van der Waals surface area (Å²) in [4.78, 5) is 2.16. The van der Waals surface area contributed by atoms with Gasteiger partial charge in [-0.2, -0.15) is 0 Å². The highest BCUT2D eigenvalue weighted by Gasteiger charge is 2.19. The van der Waals surface area contributed by atoms with Crippen LogP contribution in [0.25, 0.3) is 0 Å². The summed E-state index contributed by atoms with van der Waals surface area (Å²) >= 11 is 0. The number of hydrogen-bond acceptors (Lipinski definition) is 4. The quantitative estimate of drug-likeness (QED) is 0.615. The Morgan fingerprint density at radius 3 is 2.57 bits per heavy atom. The minimum Gasteiger partial charge on any atom is -0.389 e. The van der Waals surface area contributed by atoms with Crippen LogP contribution in [0, 0.1) is 0 Å². The second-order valence-electron chi connectivity index (χ2n) is 4.24. The Morgan fingerprint density at radius 1 is 1.57 bits per heavy atom. The molecule has 0 aromatic heterocycles. The van der Waals surface area contributed by atoms with Crippen LogP contribution in [0.15, 0.2) is 0 Å². The van der Waals surface area contributed by atoms with Gasteiger partial charge in [-0.3, -0.25) is 0 Å². The number of nitrogens with zero attached hydrogens (tertiary/aromatic N) is 1. The van der Waals surface area contributed by atoms with E-state index < -0.39 is 5.60 Å². The fraction of sp³-hybridized carbons (Fsp3) is 1.00. The third-order valence-corrected chi connectivity index (χ3v) is 2.60. The van der Waals surface area contributed by atoms with Crippen molar-refractivity contribution in [1.29, 1.82) is 0 Å². The molecule has 86 valence electrons. The summed E-state index contributed by atoms with van der Waals surface area (Å²) in [5.74, 6) is 0. The van der Waals surface area contributed by atoms with Gasteiger partial charge in [0.05, 0.1) is 12.2 Å². The van der Waals surface area contributed by atoms with Gasteiger partial charge in [0.2, 0.25) is 0 Å². The van der Waals surface area contributed by atoms with Crippen LogP contribution in [0.4, 0.5) is 0 Å². The molecule has 0 saturated carbocycles. The van der Waals surface area contributed by atoms with E-state index in [0.29, 0.717) is 25.6 Å². The molecule has 0 rings (SSSR count). The molecule has 0 radical (unpaired) electrons. The molecule has 4 nitrogen and oxygen atoms in total. The summed E-state index contributed by atoms with van der Waals surface area (Å²) in [6.07, 6.45) is 0.689. The zero-order chi connectivity index (χ0) is 11.2. The number of methoxy groups -OCH3 is 1. The van der Waals surface area contributed by atoms with Gasteiger partial charge < -0.3 is 20.5 Å². The Labute approximate surface area is 87.0 Å². The smallest absolute Gasteiger partial charge is 0.0753 e. The van der Waals surface area contributed by atoms with Crippen molar-refractivity contribution >= 4 is 0 Å². The van der Waals surface area contributed by atoms with Crippen LogP contribution < -0.4 is 5.73 Å². The summed E-state index contributed by atoms with van der Waals surface area (Å²) in [5.41, 5.74) is 4.69. The third kappa shape index (κ3) is 5.54. The van der Waals surface area contributed by atoms with Gasteiger partial charge in [0.1, 0.15) is 0 Å². The molecule has 0 amide bonds. The maximum Gasteiger partial charge on any atom is 0.0753 e. The lowest BCUT2D eigenvalue weighted by atomic mass is 10.0. The van der Waals surface area contributed by atoms with Crippen LogP contribution in [0.5, 0.6) is 0 Å². The normalized spacial score (nSPS) is 18.2. The van der Waals surface area contributed by atoms with Gasteiger partial charge in [-0.15, -0.1) is 0 Å². The minimum absolute atomic E-state index is 0.305. The number of rotatable bonds is 7. The highest BCUT2D eigenvalue weighted by Crippen LogP contribution is 2.08. The first-order valence-corrected chi connectivity index (χ1v) is 5.04. The summed E-state index contributed by atoms with van der Waals surface area (Å²) in [5, 5.41) is 9.70. The molecule has 4 heteroatoms. The number of aliphatic hydroxyl groups is 1. The second-order valence-corrected chi connectivity index (χ2v) is 4.24. The van der Waals surface area contributed by atoms with Crippen molar-refractivity contribution in [3.05, 3.63) is 0 Å². The highest BCUT2D eigenvalue weighted by atomic mass is 16.5. The highest BCUT2D eigenvalue weighted by molar-refractivity contribution is 4.75. The van der Waals surface area contributed by atoms with Crippen LogP contribution in [-0.4, -0.2) is 55.5 Å². The maximum absolute atomic E-state index is 9.70. The number of hydrogen-bond donors (Lipinski definition) is 2. The van der Waals surface area contributed by atoms with Gasteiger partial charge in [-0.1, -0.05) is 0 Å². The number of nitrogens with two attached hydrogens (primary N) is 1. The fourth-order valence-corrected chi connectivity index (χ4v) is 1.11. The van der Waals surface area contributed by atoms with Gasteiger partial charge in [-0.05, 0) is 27.3 Å². The van der Waals surface area contributed by atoms with Gasteiger partial charge in [-0.25, -0.2) is 0 Å². The van der Waals surface area contributed by atoms with Crippen molar-refractivity contribution in [2.24, 2.45) is 5.73 Å². The van der Waals surface area contributed by atoms with E-state index in [1.54, 1.807) is 14.0 Å². The van der Waals surface area contributed by atoms with Crippen molar-refractivity contribution in [3.63, 3.8) is 0 Å². The average Bonchev–Trinajstić information content (AvgIpc) is 2.15. The lowest BCUT2D eigenvalue weighted by molar-refractivity contribution is 0.0395. The number of likely N-dealkylation sites (N-methyl/N-ethyl adjacent to an activating group) is 1. The maximum atomic E-state index is 9.70. The minimum atomic E-state index is -0.749. The number of ether oxygens (including phenoxy) is 1. The molecule has 2 atom stereocenters. The van der Waals surface area contributed by atoms with Gasteiger partial charge in [0.15, 0.2) is 0 Å². The van der Waals surface area contributed by atoms with Gasteiger partial charge in [0, 0.05) is 26.2 Å². The van der Waals surface area contributed by atoms with E-state index in [-0.39, 0.29) is 0 Å². The van der Waals surface area contributed by atoms with Crippen molar-refractivity contribution in [2.75, 3.05) is 33.9 Å². The Hall–Kier alpha value is -0.160. The van der Waals surface area contributed by atoms with Crippen LogP contribution in [0.1, 0.15) is 20.3 Å². The lowest BCUT2D eigenvalue weighted by Gasteiger charge is -2.28. The third-order valence-electron chi connectivity index (χ3n) is 2.60. The largest absolute Gasteiger partial charge is 0.389 e. The van der Waals surface area contributed by atoms with Crippen LogP contribution >= 0.6 is 0 Å². The van der Waals surface area contributed by atoms with Crippen LogP contribution in [0.3, 0.4) is 0 Å². The Balaban J connectivity index is 3.77. The molecule has 0 bridgehead atoms. The Morgan fingerprint density at radius 2 is 2.14 bits per heavy atom. The summed E-state index contributed by atoms with van der Waals surface area (Å²) in [6.45, 7) is 5.71. The zero-order valence-corrected chi connectivity index (χ0v) is 9.79. The molecule has 0 aliphatic rings. The first-order valence-electron chi connectivity index (χ1n) is 5.04. The molecular formula is C10H24N2O2. The molecular weight excluding hydrogens is 180 g/mol. The van der Waals surface area contributed by atoms with Gasteiger partial charge >= 0.3 is 0 Å². The second kappa shape index (κ2) is 6.35. The van der Waals surface area contributed by atoms with Crippen LogP contribution in [-0.2, 0) is 4.74 Å². The molecule has 0 aromatic carbocycles. The molecule has 0 aromatic rings. The van der Waals surface area contributed by atoms with E-state index in [1.165, 1.54) is 0 Å². The fourth-order valence-electron chi connectivity index (χ4n) is 1.11. The first-order chi connectivity index (χ1) is 6.43. The molecule has 0 spiro atoms. The molecule has 0 saturated heterocycles. The van der Waals surface area contributed by atoms with E-state index in [0.717, 1.165) is 6.54 Å².